The fourth-order valence-electron chi connectivity index (χ4n) is 2.55. The van der Waals surface area contributed by atoms with Gasteiger partial charge in [0.1, 0.15) is 0 Å². The molecule has 0 aromatic carbocycles. The van der Waals surface area contributed by atoms with E-state index in [0.29, 0.717) is 24.2 Å². The van der Waals surface area contributed by atoms with Gasteiger partial charge in [0.15, 0.2) is 0 Å². The topological polar surface area (TPSA) is 84.1 Å². The number of ether oxygens (including phenoxy) is 1. The number of hydrogen-bond acceptors (Lipinski definition) is 4. The van der Waals surface area contributed by atoms with Gasteiger partial charge in [-0.2, -0.15) is 5.10 Å². The van der Waals surface area contributed by atoms with Crippen LogP contribution in [0.2, 0.25) is 0 Å². The Bertz CT molecular complexity index is 682. The van der Waals surface area contributed by atoms with Gasteiger partial charge >= 0.3 is 5.97 Å². The number of pyridine rings is 1. The lowest BCUT2D eigenvalue weighted by Gasteiger charge is -2.34. The third kappa shape index (κ3) is 2.59. The number of carboxylic acid groups (broad SMARTS) is 1. The molecule has 110 valence electrons. The monoisotopic (exact) mass is 289 g/mol. The number of carboxylic acids is 1. The first-order valence-corrected chi connectivity index (χ1v) is 6.69. The van der Waals surface area contributed by atoms with E-state index in [1.54, 1.807) is 15.6 Å². The minimum absolute atomic E-state index is 0.120. The molecular weight excluding hydrogens is 274 g/mol. The maximum Gasteiger partial charge on any atom is 0.305 e. The van der Waals surface area contributed by atoms with Gasteiger partial charge in [-0.15, -0.1) is 0 Å². The summed E-state index contributed by atoms with van der Waals surface area (Å²) in [5.41, 5.74) is 1.19. The zero-order valence-corrected chi connectivity index (χ0v) is 11.3. The highest BCUT2D eigenvalue weighted by atomic mass is 16.5. The zero-order chi connectivity index (χ0) is 14.8. The van der Waals surface area contributed by atoms with E-state index in [4.69, 9.17) is 9.84 Å². The molecule has 1 aliphatic rings. The van der Waals surface area contributed by atoms with Crippen molar-refractivity contribution in [3.05, 3.63) is 36.2 Å². The van der Waals surface area contributed by atoms with Crippen LogP contribution in [0.1, 0.15) is 16.8 Å². The Labute approximate surface area is 120 Å². The van der Waals surface area contributed by atoms with Crippen LogP contribution in [0.5, 0.6) is 0 Å². The Morgan fingerprint density at radius 1 is 1.43 bits per heavy atom. The van der Waals surface area contributed by atoms with Crippen LogP contribution < -0.4 is 0 Å². The average molecular weight is 289 g/mol. The van der Waals surface area contributed by atoms with E-state index in [-0.39, 0.29) is 18.9 Å². The fraction of sp³-hybridized carbons (Fsp3) is 0.357. The van der Waals surface area contributed by atoms with Gasteiger partial charge in [-0.25, -0.2) is 4.52 Å². The molecule has 0 saturated carbocycles. The van der Waals surface area contributed by atoms with E-state index in [1.807, 2.05) is 18.2 Å². The van der Waals surface area contributed by atoms with E-state index in [0.717, 1.165) is 0 Å². The van der Waals surface area contributed by atoms with Crippen molar-refractivity contribution in [2.45, 2.75) is 12.5 Å². The summed E-state index contributed by atoms with van der Waals surface area (Å²) in [6.07, 6.45) is 3.16. The molecule has 3 rings (SSSR count). The number of hydrogen-bond donors (Lipinski definition) is 1. The molecule has 0 unspecified atom stereocenters. The number of carbonyl (C=O) groups excluding carboxylic acids is 1. The van der Waals surface area contributed by atoms with Crippen molar-refractivity contribution in [3.8, 4) is 0 Å². The molecule has 1 saturated heterocycles. The number of morpholine rings is 1. The molecule has 7 heteroatoms. The summed E-state index contributed by atoms with van der Waals surface area (Å²) in [6, 6.07) is 5.03. The minimum Gasteiger partial charge on any atom is -0.481 e. The van der Waals surface area contributed by atoms with Gasteiger partial charge in [-0.3, -0.25) is 9.59 Å². The first-order valence-electron chi connectivity index (χ1n) is 6.69. The Hall–Kier alpha value is -2.41. The molecule has 3 heterocycles. The molecule has 0 radical (unpaired) electrons. The van der Waals surface area contributed by atoms with Crippen LogP contribution in [0.3, 0.4) is 0 Å². The smallest absolute Gasteiger partial charge is 0.305 e. The first kappa shape index (κ1) is 13.6. The molecule has 0 aliphatic carbocycles. The van der Waals surface area contributed by atoms with Gasteiger partial charge in [-0.1, -0.05) is 6.07 Å². The Morgan fingerprint density at radius 3 is 3.10 bits per heavy atom. The first-order chi connectivity index (χ1) is 10.2. The maximum atomic E-state index is 12.7. The molecule has 21 heavy (non-hydrogen) atoms. The van der Waals surface area contributed by atoms with Crippen LogP contribution >= 0.6 is 0 Å². The van der Waals surface area contributed by atoms with Crippen molar-refractivity contribution in [3.63, 3.8) is 0 Å². The summed E-state index contributed by atoms with van der Waals surface area (Å²) in [5.74, 6) is -1.14. The van der Waals surface area contributed by atoms with E-state index in [2.05, 4.69) is 5.10 Å². The molecule has 0 bridgehead atoms. The van der Waals surface area contributed by atoms with Gasteiger partial charge in [0, 0.05) is 12.7 Å². The van der Waals surface area contributed by atoms with E-state index >= 15 is 0 Å². The summed E-state index contributed by atoms with van der Waals surface area (Å²) < 4.78 is 6.92. The number of fused-ring (bicyclic) bond motifs is 1. The second-order valence-electron chi connectivity index (χ2n) is 4.91. The largest absolute Gasteiger partial charge is 0.481 e. The fourth-order valence-corrected chi connectivity index (χ4v) is 2.55. The summed E-state index contributed by atoms with van der Waals surface area (Å²) in [6.45, 7) is 1.05. The number of aromatic nitrogens is 2. The molecule has 2 aromatic heterocycles. The molecule has 1 amide bonds. The summed E-state index contributed by atoms with van der Waals surface area (Å²) in [7, 11) is 0. The van der Waals surface area contributed by atoms with Gasteiger partial charge in [0.25, 0.3) is 5.91 Å². The summed E-state index contributed by atoms with van der Waals surface area (Å²) in [4.78, 5) is 25.2. The average Bonchev–Trinajstić information content (AvgIpc) is 2.90. The highest BCUT2D eigenvalue weighted by molar-refractivity contribution is 6.01. The maximum absolute atomic E-state index is 12.7. The minimum atomic E-state index is -0.942. The molecule has 1 N–H and O–H groups in total. The molecule has 1 fully saturated rings. The Balaban J connectivity index is 1.90. The molecular formula is C14H15N3O4. The van der Waals surface area contributed by atoms with Gasteiger partial charge in [0.2, 0.25) is 0 Å². The SMILES string of the molecule is O=C(O)C[C@@H]1COCCN1C(=O)c1cnn2ccccc12. The predicted molar refractivity (Wildman–Crippen MR) is 73.1 cm³/mol. The van der Waals surface area contributed by atoms with Crippen LogP contribution in [-0.2, 0) is 9.53 Å². The number of carbonyl (C=O) groups is 2. The summed E-state index contributed by atoms with van der Waals surface area (Å²) >= 11 is 0. The lowest BCUT2D eigenvalue weighted by atomic mass is 10.1. The van der Waals surface area contributed by atoms with Crippen molar-refractivity contribution < 1.29 is 19.4 Å². The molecule has 1 aliphatic heterocycles. The van der Waals surface area contributed by atoms with Crippen molar-refractivity contribution in [2.24, 2.45) is 0 Å². The van der Waals surface area contributed by atoms with Gasteiger partial charge in [-0.05, 0) is 12.1 Å². The molecule has 1 atom stereocenters. The van der Waals surface area contributed by atoms with E-state index in [9.17, 15) is 9.59 Å². The Kier molecular flexibility index (Phi) is 3.57. The van der Waals surface area contributed by atoms with Gasteiger partial charge < -0.3 is 14.7 Å². The lowest BCUT2D eigenvalue weighted by molar-refractivity contribution is -0.139. The van der Waals surface area contributed by atoms with Crippen LogP contribution in [0.15, 0.2) is 30.6 Å². The number of aliphatic carboxylic acids is 1. The Morgan fingerprint density at radius 2 is 2.29 bits per heavy atom. The van der Waals surface area contributed by atoms with Crippen molar-refractivity contribution in [1.29, 1.82) is 0 Å². The summed E-state index contributed by atoms with van der Waals surface area (Å²) in [5, 5.41) is 13.1. The van der Waals surface area contributed by atoms with Crippen LogP contribution in [-0.4, -0.2) is 57.3 Å². The number of rotatable bonds is 3. The molecule has 0 spiro atoms. The second-order valence-corrected chi connectivity index (χ2v) is 4.91. The second kappa shape index (κ2) is 5.53. The zero-order valence-electron chi connectivity index (χ0n) is 11.3. The van der Waals surface area contributed by atoms with E-state index < -0.39 is 12.0 Å². The number of nitrogens with zero attached hydrogens (tertiary/aromatic N) is 3. The third-order valence-corrected chi connectivity index (χ3v) is 3.56. The third-order valence-electron chi connectivity index (χ3n) is 3.56. The highest BCUT2D eigenvalue weighted by Gasteiger charge is 2.31. The van der Waals surface area contributed by atoms with E-state index in [1.165, 1.54) is 6.20 Å². The van der Waals surface area contributed by atoms with Crippen LogP contribution in [0, 0.1) is 0 Å². The van der Waals surface area contributed by atoms with Crippen molar-refractivity contribution >= 4 is 17.4 Å². The van der Waals surface area contributed by atoms with Crippen LogP contribution in [0.4, 0.5) is 0 Å². The standard InChI is InChI=1S/C14H15N3O4/c18-13(19)7-10-9-21-6-5-16(10)14(20)11-8-15-17-4-2-1-3-12(11)17/h1-4,8,10H,5-7,9H2,(H,18,19)/t10-/m1/s1. The molecule has 2 aromatic rings. The predicted octanol–water partition coefficient (Wildman–Crippen LogP) is 0.650. The normalized spacial score (nSPS) is 18.9. The van der Waals surface area contributed by atoms with Crippen LogP contribution in [0.25, 0.3) is 5.52 Å². The lowest BCUT2D eigenvalue weighted by Crippen LogP contribution is -2.49. The highest BCUT2D eigenvalue weighted by Crippen LogP contribution is 2.18. The van der Waals surface area contributed by atoms with Gasteiger partial charge in [0.05, 0.1) is 43.0 Å². The number of amides is 1. The van der Waals surface area contributed by atoms with Crippen molar-refractivity contribution in [2.75, 3.05) is 19.8 Å². The van der Waals surface area contributed by atoms with Crippen molar-refractivity contribution in [1.82, 2.24) is 14.5 Å². The quantitative estimate of drug-likeness (QED) is 0.897. The molecule has 7 nitrogen and oxygen atoms in total.